The zero-order chi connectivity index (χ0) is 16.9. The van der Waals surface area contributed by atoms with Crippen molar-refractivity contribution in [1.82, 2.24) is 0 Å². The number of methoxy groups -OCH3 is 1. The van der Waals surface area contributed by atoms with Gasteiger partial charge in [0, 0.05) is 17.3 Å². The summed E-state index contributed by atoms with van der Waals surface area (Å²) in [4.78, 5) is 25.7. The quantitative estimate of drug-likeness (QED) is 0.345. The van der Waals surface area contributed by atoms with Crippen molar-refractivity contribution in [2.75, 3.05) is 7.11 Å². The van der Waals surface area contributed by atoms with Gasteiger partial charge >= 0.3 is 5.97 Å². The minimum absolute atomic E-state index is 0.0446. The van der Waals surface area contributed by atoms with E-state index in [1.807, 2.05) is 13.8 Å². The van der Waals surface area contributed by atoms with Gasteiger partial charge in [-0.1, -0.05) is 25.4 Å². The van der Waals surface area contributed by atoms with E-state index in [4.69, 9.17) is 11.6 Å². The minimum atomic E-state index is -0.808. The Hall–Kier alpha value is -2.15. The van der Waals surface area contributed by atoms with Crippen LogP contribution in [0.2, 0.25) is 5.02 Å². The summed E-state index contributed by atoms with van der Waals surface area (Å²) in [6, 6.07) is 1.47. The number of esters is 1. The lowest BCUT2D eigenvalue weighted by Gasteiger charge is -2.14. The molecule has 1 rings (SSSR count). The second kappa shape index (κ2) is 7.74. The van der Waals surface area contributed by atoms with Crippen LogP contribution in [0.1, 0.15) is 25.8 Å². The van der Waals surface area contributed by atoms with E-state index in [0.29, 0.717) is 6.42 Å². The van der Waals surface area contributed by atoms with Gasteiger partial charge in [0.1, 0.15) is 6.04 Å². The Morgan fingerprint density at radius 1 is 1.50 bits per heavy atom. The molecule has 0 aromatic heterocycles. The minimum Gasteiger partial charge on any atom is -0.867 e. The van der Waals surface area contributed by atoms with Crippen LogP contribution in [-0.2, 0) is 9.53 Å². The van der Waals surface area contributed by atoms with Crippen LogP contribution in [0, 0.1) is 16.0 Å². The molecule has 0 heterocycles. The van der Waals surface area contributed by atoms with Crippen molar-refractivity contribution in [3.05, 3.63) is 32.8 Å². The topological polar surface area (TPSA) is 105 Å². The molecule has 0 fully saturated rings. The van der Waals surface area contributed by atoms with E-state index in [1.165, 1.54) is 13.2 Å². The number of nitrogens with zero attached hydrogens (tertiary/aromatic N) is 2. The van der Waals surface area contributed by atoms with Gasteiger partial charge in [0.15, 0.2) is 0 Å². The lowest BCUT2D eigenvalue weighted by molar-refractivity contribution is -0.398. The van der Waals surface area contributed by atoms with Gasteiger partial charge in [-0.3, -0.25) is 15.1 Å². The van der Waals surface area contributed by atoms with Crippen molar-refractivity contribution >= 4 is 29.5 Å². The first kappa shape index (κ1) is 17.9. The van der Waals surface area contributed by atoms with Gasteiger partial charge in [0.2, 0.25) is 0 Å². The maximum atomic E-state index is 11.9. The van der Waals surface area contributed by atoms with E-state index < -0.39 is 28.4 Å². The van der Waals surface area contributed by atoms with Crippen LogP contribution in [0.5, 0.6) is 5.75 Å². The van der Waals surface area contributed by atoms with E-state index in [2.05, 4.69) is 9.73 Å². The molecular weight excluding hydrogens is 312 g/mol. The molecule has 0 aliphatic heterocycles. The predicted octanol–water partition coefficient (Wildman–Crippen LogP) is 2.33. The maximum Gasteiger partial charge on any atom is 0.330 e. The van der Waals surface area contributed by atoms with Gasteiger partial charge in [0.25, 0.3) is 5.69 Å². The maximum absolute atomic E-state index is 11.9. The summed E-state index contributed by atoms with van der Waals surface area (Å²) in [6.45, 7) is 3.82. The Balaban J connectivity index is 3.15. The zero-order valence-electron chi connectivity index (χ0n) is 12.4. The molecule has 0 saturated carbocycles. The molecule has 1 atom stereocenters. The Kier molecular flexibility index (Phi) is 6.30. The monoisotopic (exact) mass is 327 g/mol. The number of halogens is 1. The molecule has 0 aliphatic rings. The molecular formula is C14H16ClN2O5-. The van der Waals surface area contributed by atoms with E-state index >= 15 is 0 Å². The van der Waals surface area contributed by atoms with Crippen molar-refractivity contribution < 1.29 is 19.6 Å². The number of rotatable bonds is 6. The number of nitro benzene ring substituents is 1. The Labute approximate surface area is 132 Å². The van der Waals surface area contributed by atoms with Gasteiger partial charge in [-0.15, -0.1) is 0 Å². The highest BCUT2D eigenvalue weighted by atomic mass is 35.5. The molecule has 0 spiro atoms. The normalized spacial score (nSPS) is 12.6. The van der Waals surface area contributed by atoms with Gasteiger partial charge in [-0.25, -0.2) is 4.79 Å². The summed E-state index contributed by atoms with van der Waals surface area (Å²) in [5, 5.41) is 22.8. The number of ether oxygens (including phenoxy) is 1. The Morgan fingerprint density at radius 3 is 2.64 bits per heavy atom. The molecule has 0 radical (unpaired) electrons. The average Bonchev–Trinajstić information content (AvgIpc) is 2.44. The number of carbonyl (C=O) groups is 1. The number of aliphatic imine (C=N–C) groups is 1. The van der Waals surface area contributed by atoms with Gasteiger partial charge in [-0.2, -0.15) is 0 Å². The summed E-state index contributed by atoms with van der Waals surface area (Å²) in [7, 11) is 1.24. The Morgan fingerprint density at radius 2 is 2.14 bits per heavy atom. The van der Waals surface area contributed by atoms with E-state index in [0.717, 1.165) is 12.3 Å². The molecule has 120 valence electrons. The van der Waals surface area contributed by atoms with Crippen LogP contribution < -0.4 is 5.11 Å². The number of hydrogen-bond donors (Lipinski definition) is 0. The molecule has 0 saturated heterocycles. The van der Waals surface area contributed by atoms with E-state index in [9.17, 15) is 20.0 Å². The highest BCUT2D eigenvalue weighted by Crippen LogP contribution is 2.30. The molecule has 0 aliphatic carbocycles. The number of hydrogen-bond acceptors (Lipinski definition) is 6. The second-order valence-electron chi connectivity index (χ2n) is 5.05. The smallest absolute Gasteiger partial charge is 0.330 e. The summed E-state index contributed by atoms with van der Waals surface area (Å²) in [6.07, 6.45) is 1.56. The number of benzene rings is 1. The standard InChI is InChI=1S/C14H17ClN2O5/c1-8(2)4-11(14(19)22-3)16-7-9-5-10(15)6-12(13(9)18)17(20)21/h5-8,11,18H,4H2,1-3H3/p-1/t11-/m0/s1. The molecule has 7 nitrogen and oxygen atoms in total. The SMILES string of the molecule is COC(=O)[C@H](CC(C)C)N=Cc1cc(Cl)cc([N+](=O)[O-])c1[O-]. The van der Waals surface area contributed by atoms with Crippen molar-refractivity contribution in [2.45, 2.75) is 26.3 Å². The molecule has 0 amide bonds. The molecule has 22 heavy (non-hydrogen) atoms. The molecule has 1 aromatic rings. The largest absolute Gasteiger partial charge is 0.867 e. The van der Waals surface area contributed by atoms with Crippen LogP contribution in [-0.4, -0.2) is 30.3 Å². The fraction of sp³-hybridized carbons (Fsp3) is 0.429. The fourth-order valence-corrected chi connectivity index (χ4v) is 2.02. The lowest BCUT2D eigenvalue weighted by atomic mass is 10.0. The summed E-state index contributed by atoms with van der Waals surface area (Å²) in [5.41, 5.74) is -0.677. The van der Waals surface area contributed by atoms with Crippen molar-refractivity contribution in [3.8, 4) is 5.75 Å². The van der Waals surface area contributed by atoms with Crippen molar-refractivity contribution in [1.29, 1.82) is 0 Å². The van der Waals surface area contributed by atoms with Crippen LogP contribution >= 0.6 is 11.6 Å². The molecule has 8 heteroatoms. The first-order valence-corrected chi connectivity index (χ1v) is 6.90. The second-order valence-corrected chi connectivity index (χ2v) is 5.48. The van der Waals surface area contributed by atoms with Crippen LogP contribution in [0.15, 0.2) is 17.1 Å². The zero-order valence-corrected chi connectivity index (χ0v) is 13.2. The fourth-order valence-electron chi connectivity index (χ4n) is 1.80. The van der Waals surface area contributed by atoms with Crippen molar-refractivity contribution in [3.63, 3.8) is 0 Å². The summed E-state index contributed by atoms with van der Waals surface area (Å²) < 4.78 is 4.65. The van der Waals surface area contributed by atoms with E-state index in [1.54, 1.807) is 0 Å². The van der Waals surface area contributed by atoms with E-state index in [-0.39, 0.29) is 16.5 Å². The lowest BCUT2D eigenvalue weighted by Crippen LogP contribution is -2.22. The first-order valence-electron chi connectivity index (χ1n) is 6.52. The highest BCUT2D eigenvalue weighted by Gasteiger charge is 2.19. The number of carbonyl (C=O) groups excluding carboxylic acids is 1. The molecule has 1 aromatic carbocycles. The third kappa shape index (κ3) is 4.70. The summed E-state index contributed by atoms with van der Waals surface area (Å²) in [5.74, 6) is -1.15. The molecule has 0 bridgehead atoms. The third-order valence-corrected chi connectivity index (χ3v) is 3.04. The predicted molar refractivity (Wildman–Crippen MR) is 80.4 cm³/mol. The van der Waals surface area contributed by atoms with Crippen LogP contribution in [0.4, 0.5) is 5.69 Å². The Bertz CT molecular complexity index is 601. The van der Waals surface area contributed by atoms with Gasteiger partial charge < -0.3 is 9.84 Å². The highest BCUT2D eigenvalue weighted by molar-refractivity contribution is 6.31. The molecule has 0 N–H and O–H groups in total. The third-order valence-electron chi connectivity index (χ3n) is 2.82. The van der Waals surface area contributed by atoms with Crippen molar-refractivity contribution in [2.24, 2.45) is 10.9 Å². The average molecular weight is 328 g/mol. The molecule has 0 unspecified atom stereocenters. The van der Waals surface area contributed by atoms with Crippen LogP contribution in [0.25, 0.3) is 0 Å². The van der Waals surface area contributed by atoms with Gasteiger partial charge in [-0.05, 0) is 29.7 Å². The summed E-state index contributed by atoms with van der Waals surface area (Å²) >= 11 is 5.76. The number of nitro groups is 1. The van der Waals surface area contributed by atoms with Crippen LogP contribution in [0.3, 0.4) is 0 Å². The first-order chi connectivity index (χ1) is 10.3. The van der Waals surface area contributed by atoms with Gasteiger partial charge in [0.05, 0.1) is 12.0 Å².